The largest absolute Gasteiger partial charge is 0.480 e. The molecule has 7 atom stereocenters. The zero-order valence-electron chi connectivity index (χ0n) is 36.4. The summed E-state index contributed by atoms with van der Waals surface area (Å²) in [5.74, 6) is -5.98. The van der Waals surface area contributed by atoms with Crippen molar-refractivity contribution in [1.82, 2.24) is 36.0 Å². The number of nitrogens with two attached hydrogens (primary N) is 5. The minimum absolute atomic E-state index is 0.0318. The molecule has 0 bridgehead atoms. The monoisotopic (exact) mass is 912 g/mol. The summed E-state index contributed by atoms with van der Waals surface area (Å²) >= 11 is 0. The number of nitrogens with one attached hydrogen (secondary N) is 4. The summed E-state index contributed by atoms with van der Waals surface area (Å²) in [5, 5.41) is 29.9. The number of rotatable bonds is 23. The third kappa shape index (κ3) is 15.0. The zero-order valence-corrected chi connectivity index (χ0v) is 36.4. The van der Waals surface area contributed by atoms with Crippen LogP contribution in [0.25, 0.3) is 0 Å². The molecule has 0 aromatic heterocycles. The molecule has 3 saturated heterocycles. The summed E-state index contributed by atoms with van der Waals surface area (Å²) in [4.78, 5) is 119. The van der Waals surface area contributed by atoms with E-state index in [2.05, 4.69) is 31.3 Å². The van der Waals surface area contributed by atoms with Crippen LogP contribution in [0.15, 0.2) is 40.3 Å². The first-order valence-electron chi connectivity index (χ1n) is 21.9. The van der Waals surface area contributed by atoms with E-state index in [-0.39, 0.29) is 76.7 Å². The Labute approximate surface area is 376 Å². The minimum atomic E-state index is -1.48. The number of carbonyl (C=O) groups is 8. The van der Waals surface area contributed by atoms with Crippen molar-refractivity contribution in [1.29, 1.82) is 0 Å². The smallest absolute Gasteiger partial charge is 0.326 e. The summed E-state index contributed by atoms with van der Waals surface area (Å²) in [7, 11) is 0. The van der Waals surface area contributed by atoms with Gasteiger partial charge >= 0.3 is 5.97 Å². The molecule has 0 radical (unpaired) electrons. The van der Waals surface area contributed by atoms with Gasteiger partial charge in [0, 0.05) is 39.1 Å². The first-order valence-corrected chi connectivity index (χ1v) is 21.9. The molecule has 3 aliphatic heterocycles. The number of aliphatic hydroxyl groups is 1. The van der Waals surface area contributed by atoms with Gasteiger partial charge in [-0.05, 0) is 69.8 Å². The second-order valence-electron chi connectivity index (χ2n) is 16.2. The Morgan fingerprint density at radius 2 is 1.22 bits per heavy atom. The van der Waals surface area contributed by atoms with E-state index in [1.54, 1.807) is 30.3 Å². The molecule has 0 unspecified atom stereocenters. The number of amides is 7. The number of carboxylic acid groups (broad SMARTS) is 1. The molecule has 16 N–H and O–H groups in total. The van der Waals surface area contributed by atoms with Crippen LogP contribution in [-0.4, -0.2) is 172 Å². The number of carboxylic acids is 1. The molecule has 0 aliphatic carbocycles. The molecule has 1 aromatic carbocycles. The quantitative estimate of drug-likeness (QED) is 0.0279. The van der Waals surface area contributed by atoms with Crippen LogP contribution in [-0.2, 0) is 44.8 Å². The number of hydrogen-bond acceptors (Lipinski definition) is 12. The lowest BCUT2D eigenvalue weighted by Crippen LogP contribution is -2.58. The van der Waals surface area contributed by atoms with Crippen LogP contribution in [0.4, 0.5) is 0 Å². The van der Waals surface area contributed by atoms with Crippen LogP contribution in [0.2, 0.25) is 0 Å². The number of hydrogen-bond donors (Lipinski definition) is 11. The normalized spacial score (nSPS) is 19.8. The third-order valence-corrected chi connectivity index (χ3v) is 11.5. The maximum atomic E-state index is 14.2. The van der Waals surface area contributed by atoms with E-state index >= 15 is 0 Å². The van der Waals surface area contributed by atoms with Crippen molar-refractivity contribution in [2.45, 2.75) is 113 Å². The Morgan fingerprint density at radius 3 is 1.82 bits per heavy atom. The lowest BCUT2D eigenvalue weighted by Gasteiger charge is -2.33. The van der Waals surface area contributed by atoms with Crippen molar-refractivity contribution in [3.05, 3.63) is 35.9 Å². The van der Waals surface area contributed by atoms with Crippen LogP contribution in [0.5, 0.6) is 0 Å². The van der Waals surface area contributed by atoms with Crippen molar-refractivity contribution in [2.75, 3.05) is 45.9 Å². The Hall–Kier alpha value is -6.56. The van der Waals surface area contributed by atoms with E-state index in [4.69, 9.17) is 28.7 Å². The van der Waals surface area contributed by atoms with Crippen LogP contribution < -0.4 is 49.9 Å². The van der Waals surface area contributed by atoms with Gasteiger partial charge < -0.3 is 74.8 Å². The highest BCUT2D eigenvalue weighted by Gasteiger charge is 2.44. The van der Waals surface area contributed by atoms with Gasteiger partial charge in [-0.3, -0.25) is 43.5 Å². The Kier molecular flexibility index (Phi) is 19.7. The summed E-state index contributed by atoms with van der Waals surface area (Å²) in [6, 6.07) is 0.850. The summed E-state index contributed by atoms with van der Waals surface area (Å²) < 4.78 is 0. The van der Waals surface area contributed by atoms with E-state index in [9.17, 15) is 48.6 Å². The molecule has 4 rings (SSSR count). The molecule has 7 amide bonds. The maximum Gasteiger partial charge on any atom is 0.326 e. The van der Waals surface area contributed by atoms with Crippen molar-refractivity contribution >= 4 is 59.2 Å². The third-order valence-electron chi connectivity index (χ3n) is 11.5. The molecular weight excluding hydrogens is 849 g/mol. The number of aliphatic carboxylic acids is 1. The predicted molar refractivity (Wildman–Crippen MR) is 236 cm³/mol. The number of carbonyl (C=O) groups excluding carboxylic acids is 7. The maximum absolute atomic E-state index is 14.2. The van der Waals surface area contributed by atoms with E-state index in [0.29, 0.717) is 44.1 Å². The number of nitrogens with zero attached hydrogens (tertiary/aromatic N) is 5. The van der Waals surface area contributed by atoms with Gasteiger partial charge in [0.1, 0.15) is 36.3 Å². The molecule has 3 aliphatic rings. The lowest BCUT2D eigenvalue weighted by atomic mass is 10.0. The molecule has 24 heteroatoms. The summed E-state index contributed by atoms with van der Waals surface area (Å²) in [5.41, 5.74) is 28.4. The average molecular weight is 913 g/mol. The Bertz CT molecular complexity index is 1910. The van der Waals surface area contributed by atoms with Gasteiger partial charge in [-0.25, -0.2) is 4.79 Å². The van der Waals surface area contributed by atoms with Gasteiger partial charge in [0.2, 0.25) is 41.4 Å². The van der Waals surface area contributed by atoms with E-state index < -0.39 is 103 Å². The number of benzene rings is 1. The van der Waals surface area contributed by atoms with Crippen LogP contribution in [0.3, 0.4) is 0 Å². The van der Waals surface area contributed by atoms with Crippen LogP contribution in [0.1, 0.15) is 69.8 Å². The first kappa shape index (κ1) is 51.1. The Balaban J connectivity index is 1.39. The molecule has 3 fully saturated rings. The molecule has 65 heavy (non-hydrogen) atoms. The lowest BCUT2D eigenvalue weighted by molar-refractivity contribution is -0.150. The van der Waals surface area contributed by atoms with Gasteiger partial charge in [0.25, 0.3) is 0 Å². The van der Waals surface area contributed by atoms with Gasteiger partial charge in [0.05, 0.1) is 19.2 Å². The summed E-state index contributed by atoms with van der Waals surface area (Å²) in [6.45, 7) is -0.405. The average Bonchev–Trinajstić information content (AvgIpc) is 4.09. The van der Waals surface area contributed by atoms with Crippen molar-refractivity contribution in [2.24, 2.45) is 38.7 Å². The molecule has 3 heterocycles. The van der Waals surface area contributed by atoms with E-state index in [0.717, 1.165) is 4.90 Å². The topological polar surface area (TPSA) is 390 Å². The highest BCUT2D eigenvalue weighted by Crippen LogP contribution is 2.26. The van der Waals surface area contributed by atoms with Gasteiger partial charge in [-0.2, -0.15) is 0 Å². The van der Waals surface area contributed by atoms with Crippen LogP contribution >= 0.6 is 0 Å². The van der Waals surface area contributed by atoms with Gasteiger partial charge in [-0.15, -0.1) is 0 Å². The number of aliphatic imine (C=N–C) groups is 2. The molecule has 0 spiro atoms. The molecule has 24 nitrogen and oxygen atoms in total. The highest BCUT2D eigenvalue weighted by molar-refractivity contribution is 5.97. The second kappa shape index (κ2) is 25.1. The minimum Gasteiger partial charge on any atom is -0.480 e. The number of aliphatic hydroxyl groups excluding tert-OH is 1. The fraction of sp³-hybridized carbons (Fsp3) is 0.610. The van der Waals surface area contributed by atoms with Crippen LogP contribution in [0, 0.1) is 0 Å². The van der Waals surface area contributed by atoms with Crippen molar-refractivity contribution in [3.8, 4) is 0 Å². The fourth-order valence-electron chi connectivity index (χ4n) is 8.21. The van der Waals surface area contributed by atoms with E-state index in [1.165, 1.54) is 9.80 Å². The summed E-state index contributed by atoms with van der Waals surface area (Å²) in [6.07, 6.45) is 3.26. The Morgan fingerprint density at radius 1 is 0.677 bits per heavy atom. The van der Waals surface area contributed by atoms with Crippen molar-refractivity contribution < 1.29 is 48.6 Å². The molecule has 1 aromatic rings. The zero-order chi connectivity index (χ0) is 47.6. The van der Waals surface area contributed by atoms with Gasteiger partial charge in [-0.1, -0.05) is 30.3 Å². The first-order chi connectivity index (χ1) is 31.0. The molecule has 0 saturated carbocycles. The highest BCUT2D eigenvalue weighted by atomic mass is 16.4. The predicted octanol–water partition coefficient (Wildman–Crippen LogP) is -4.72. The fourth-order valence-corrected chi connectivity index (χ4v) is 8.21. The SMILES string of the molecule is NC(N)=NCCC[C@H](NC(=O)[C@@H](N)CCCN=C(N)N)C(=O)N1CCC[C@H]1C(=O)N1CCC[C@H]1C(=O)NCC(=O)N[C@@H](Cc1ccccc1)C(=O)N[C@@H](CO)C(=O)N1CCC[C@H]1C(=O)O. The standard InChI is InChI=1S/C41H64N14O10/c42-25(11-4-16-47-40(43)44)33(58)51-26(12-5-17-48-41(45)46)36(61)54-19-7-14-30(54)38(63)53-18-6-13-29(53)35(60)49-22-32(57)50-27(21-24-9-2-1-3-10-24)34(59)52-28(23-56)37(62)55-20-8-15-31(55)39(64)65/h1-3,9-10,25-31,56H,4-8,11-23,42H2,(H,49,60)(H,50,57)(H,51,58)(H,52,59)(H,64,65)(H4,43,44,47)(H4,45,46,48)/t25-,26-,27-,28-,29-,30-,31-/m0/s1. The molecule has 358 valence electrons. The van der Waals surface area contributed by atoms with Crippen molar-refractivity contribution in [3.63, 3.8) is 0 Å². The van der Waals surface area contributed by atoms with E-state index in [1.807, 2.05) is 0 Å². The number of guanidine groups is 2. The number of likely N-dealkylation sites (tertiary alicyclic amines) is 3. The second-order valence-corrected chi connectivity index (χ2v) is 16.2. The molecular formula is C41H64N14O10. The van der Waals surface area contributed by atoms with Gasteiger partial charge in [0.15, 0.2) is 11.9 Å².